The highest BCUT2D eigenvalue weighted by Gasteiger charge is 2.33. The van der Waals surface area contributed by atoms with Gasteiger partial charge in [0.05, 0.1) is 6.54 Å². The van der Waals surface area contributed by atoms with E-state index in [0.717, 1.165) is 18.7 Å². The highest BCUT2D eigenvalue weighted by molar-refractivity contribution is 5.55. The topological polar surface area (TPSA) is 68.2 Å². The molecule has 134 valence electrons. The Balaban J connectivity index is 1.47. The normalized spacial score (nSPS) is 20.5. The van der Waals surface area contributed by atoms with Crippen molar-refractivity contribution in [1.82, 2.24) is 15.0 Å². The van der Waals surface area contributed by atoms with Crippen LogP contribution >= 0.6 is 0 Å². The van der Waals surface area contributed by atoms with Crippen molar-refractivity contribution in [3.63, 3.8) is 0 Å². The van der Waals surface area contributed by atoms with Crippen LogP contribution in [0.25, 0.3) is 11.4 Å². The molecule has 2 heterocycles. The molecule has 2 aromatic carbocycles. The first kappa shape index (κ1) is 16.9. The van der Waals surface area contributed by atoms with Crippen LogP contribution in [0.15, 0.2) is 59.1 Å². The summed E-state index contributed by atoms with van der Waals surface area (Å²) in [6.45, 7) is 5.34. The summed E-state index contributed by atoms with van der Waals surface area (Å²) in [6, 6.07) is 18.8. The molecule has 2 atom stereocenters. The lowest BCUT2D eigenvalue weighted by atomic mass is 9.89. The van der Waals surface area contributed by atoms with Gasteiger partial charge in [0.1, 0.15) is 0 Å². The van der Waals surface area contributed by atoms with E-state index < -0.39 is 0 Å². The van der Waals surface area contributed by atoms with Gasteiger partial charge in [0, 0.05) is 24.6 Å². The van der Waals surface area contributed by atoms with E-state index in [-0.39, 0.29) is 0 Å². The van der Waals surface area contributed by atoms with Gasteiger partial charge in [0.25, 0.3) is 0 Å². The maximum atomic E-state index is 6.03. The average molecular weight is 348 g/mol. The van der Waals surface area contributed by atoms with E-state index in [4.69, 9.17) is 10.3 Å². The van der Waals surface area contributed by atoms with Crippen LogP contribution in [0, 0.1) is 12.8 Å². The second-order valence-electron chi connectivity index (χ2n) is 7.09. The third kappa shape index (κ3) is 3.54. The number of nitrogens with zero attached hydrogens (tertiary/aromatic N) is 3. The largest absolute Gasteiger partial charge is 0.338 e. The van der Waals surface area contributed by atoms with Crippen molar-refractivity contribution in [2.24, 2.45) is 11.7 Å². The summed E-state index contributed by atoms with van der Waals surface area (Å²) < 4.78 is 5.50. The Labute approximate surface area is 153 Å². The highest BCUT2D eigenvalue weighted by atomic mass is 16.5. The number of rotatable bonds is 5. The standard InChI is InChI=1S/C21H24N4O/c1-15-6-5-9-17(10-15)21-23-20(26-24-21)14-25-12-18(11-22)19(13-25)16-7-3-2-4-8-16/h2-10,18-19H,11-14,22H2,1H3/t18-,19+/m1/s1. The van der Waals surface area contributed by atoms with Crippen molar-refractivity contribution in [2.45, 2.75) is 19.4 Å². The monoisotopic (exact) mass is 348 g/mol. The molecular formula is C21H24N4O. The van der Waals surface area contributed by atoms with Crippen LogP contribution in [-0.2, 0) is 6.54 Å². The third-order valence-electron chi connectivity index (χ3n) is 5.15. The van der Waals surface area contributed by atoms with Gasteiger partial charge in [-0.1, -0.05) is 59.3 Å². The number of benzene rings is 2. The maximum absolute atomic E-state index is 6.03. The van der Waals surface area contributed by atoms with Crippen LogP contribution in [0.3, 0.4) is 0 Å². The van der Waals surface area contributed by atoms with Crippen LogP contribution in [-0.4, -0.2) is 34.7 Å². The summed E-state index contributed by atoms with van der Waals surface area (Å²) in [5, 5.41) is 4.15. The van der Waals surface area contributed by atoms with E-state index in [1.807, 2.05) is 12.1 Å². The fourth-order valence-corrected chi connectivity index (χ4v) is 3.82. The molecule has 1 saturated heterocycles. The number of hydrogen-bond donors (Lipinski definition) is 1. The molecule has 0 spiro atoms. The van der Waals surface area contributed by atoms with Crippen molar-refractivity contribution >= 4 is 0 Å². The van der Waals surface area contributed by atoms with Crippen LogP contribution in [0.1, 0.15) is 22.9 Å². The molecule has 0 unspecified atom stereocenters. The van der Waals surface area contributed by atoms with Gasteiger partial charge in [-0.25, -0.2) is 0 Å². The quantitative estimate of drug-likeness (QED) is 0.767. The Morgan fingerprint density at radius 3 is 2.73 bits per heavy atom. The second kappa shape index (κ2) is 7.40. The third-order valence-corrected chi connectivity index (χ3v) is 5.15. The predicted octanol–water partition coefficient (Wildman–Crippen LogP) is 3.22. The van der Waals surface area contributed by atoms with Crippen molar-refractivity contribution in [2.75, 3.05) is 19.6 Å². The Morgan fingerprint density at radius 1 is 1.12 bits per heavy atom. The Kier molecular flexibility index (Phi) is 4.82. The Morgan fingerprint density at radius 2 is 1.96 bits per heavy atom. The first-order chi connectivity index (χ1) is 12.7. The number of aromatic nitrogens is 2. The Hall–Kier alpha value is -2.50. The molecule has 4 rings (SSSR count). The first-order valence-corrected chi connectivity index (χ1v) is 9.10. The van der Waals surface area contributed by atoms with Gasteiger partial charge in [0.15, 0.2) is 0 Å². The number of nitrogens with two attached hydrogens (primary N) is 1. The average Bonchev–Trinajstić information content (AvgIpc) is 3.30. The van der Waals surface area contributed by atoms with Crippen molar-refractivity contribution in [3.8, 4) is 11.4 Å². The van der Waals surface area contributed by atoms with Gasteiger partial charge >= 0.3 is 0 Å². The molecule has 0 saturated carbocycles. The second-order valence-corrected chi connectivity index (χ2v) is 7.09. The zero-order valence-electron chi connectivity index (χ0n) is 15.0. The predicted molar refractivity (Wildman–Crippen MR) is 101 cm³/mol. The molecule has 0 bridgehead atoms. The summed E-state index contributed by atoms with van der Waals surface area (Å²) in [5.41, 5.74) is 9.57. The van der Waals surface area contributed by atoms with Gasteiger partial charge in [-0.3, -0.25) is 4.90 Å². The zero-order chi connectivity index (χ0) is 17.9. The zero-order valence-corrected chi connectivity index (χ0v) is 15.0. The lowest BCUT2D eigenvalue weighted by molar-refractivity contribution is 0.260. The molecule has 5 nitrogen and oxygen atoms in total. The molecule has 3 aromatic rings. The minimum atomic E-state index is 0.455. The smallest absolute Gasteiger partial charge is 0.241 e. The highest BCUT2D eigenvalue weighted by Crippen LogP contribution is 2.32. The minimum absolute atomic E-state index is 0.455. The van der Waals surface area contributed by atoms with E-state index in [2.05, 4.69) is 64.4 Å². The van der Waals surface area contributed by atoms with Crippen molar-refractivity contribution in [1.29, 1.82) is 0 Å². The molecule has 0 amide bonds. The summed E-state index contributed by atoms with van der Waals surface area (Å²) in [5.74, 6) is 2.22. The molecule has 2 N–H and O–H groups in total. The van der Waals surface area contributed by atoms with E-state index in [0.29, 0.717) is 36.6 Å². The van der Waals surface area contributed by atoms with Crippen molar-refractivity contribution in [3.05, 3.63) is 71.6 Å². The summed E-state index contributed by atoms with van der Waals surface area (Å²) in [6.07, 6.45) is 0. The van der Waals surface area contributed by atoms with Gasteiger partial charge in [-0.15, -0.1) is 0 Å². The van der Waals surface area contributed by atoms with Gasteiger partial charge < -0.3 is 10.3 Å². The number of likely N-dealkylation sites (tertiary alicyclic amines) is 1. The van der Waals surface area contributed by atoms with E-state index in [1.165, 1.54) is 11.1 Å². The maximum Gasteiger partial charge on any atom is 0.241 e. The van der Waals surface area contributed by atoms with Gasteiger partial charge in [0.2, 0.25) is 11.7 Å². The molecule has 1 aliphatic rings. The molecule has 1 aliphatic heterocycles. The number of aryl methyl sites for hydroxylation is 1. The molecule has 0 aliphatic carbocycles. The lowest BCUT2D eigenvalue weighted by Crippen LogP contribution is -2.23. The summed E-state index contributed by atoms with van der Waals surface area (Å²) in [4.78, 5) is 6.95. The van der Waals surface area contributed by atoms with Crippen LogP contribution in [0.5, 0.6) is 0 Å². The minimum Gasteiger partial charge on any atom is -0.338 e. The molecular weight excluding hydrogens is 324 g/mol. The lowest BCUT2D eigenvalue weighted by Gasteiger charge is -2.16. The molecule has 0 radical (unpaired) electrons. The van der Waals surface area contributed by atoms with Gasteiger partial charge in [-0.05, 0) is 31.0 Å². The van der Waals surface area contributed by atoms with Crippen molar-refractivity contribution < 1.29 is 4.52 Å². The summed E-state index contributed by atoms with van der Waals surface area (Å²) in [7, 11) is 0. The first-order valence-electron chi connectivity index (χ1n) is 9.10. The molecule has 26 heavy (non-hydrogen) atoms. The van der Waals surface area contributed by atoms with E-state index in [9.17, 15) is 0 Å². The van der Waals surface area contributed by atoms with Crippen LogP contribution < -0.4 is 5.73 Å². The molecule has 5 heteroatoms. The molecule has 1 fully saturated rings. The Bertz CT molecular complexity index is 861. The van der Waals surface area contributed by atoms with E-state index in [1.54, 1.807) is 0 Å². The fourth-order valence-electron chi connectivity index (χ4n) is 3.82. The van der Waals surface area contributed by atoms with Crippen LogP contribution in [0.2, 0.25) is 0 Å². The number of hydrogen-bond acceptors (Lipinski definition) is 5. The van der Waals surface area contributed by atoms with Gasteiger partial charge in [-0.2, -0.15) is 4.98 Å². The summed E-state index contributed by atoms with van der Waals surface area (Å²) >= 11 is 0. The SMILES string of the molecule is Cc1cccc(-c2noc(CN3C[C@@H](CN)[C@H](c4ccccc4)C3)n2)c1. The van der Waals surface area contributed by atoms with E-state index >= 15 is 0 Å². The van der Waals surface area contributed by atoms with Crippen LogP contribution in [0.4, 0.5) is 0 Å². The molecule has 1 aromatic heterocycles. The fraction of sp³-hybridized carbons (Fsp3) is 0.333.